The van der Waals surface area contributed by atoms with Crippen LogP contribution < -0.4 is 0 Å². The van der Waals surface area contributed by atoms with Crippen LogP contribution in [0.15, 0.2) is 0 Å². The van der Waals surface area contributed by atoms with E-state index in [-0.39, 0.29) is 218 Å². The summed E-state index contributed by atoms with van der Waals surface area (Å²) >= 11 is 0. The average molecular weight is 670 g/mol. The van der Waals surface area contributed by atoms with Crippen molar-refractivity contribution in [3.63, 3.8) is 0 Å². The summed E-state index contributed by atoms with van der Waals surface area (Å²) in [5.74, 6) is 0. The first-order chi connectivity index (χ1) is 0. The van der Waals surface area contributed by atoms with Crippen LogP contribution in [0.3, 0.4) is 0 Å². The molecule has 0 rings (SSSR count). The molecule has 0 heterocycles. The molecule has 0 radical (unpaired) electrons. The molecule has 64 valence electrons. The molecular formula is H20Ge5Ti6. The first-order valence-corrected chi connectivity index (χ1v) is 0. The van der Waals surface area contributed by atoms with Gasteiger partial charge in [-0.2, -0.15) is 0 Å². The molecule has 0 aliphatic carbocycles. The molecule has 0 aromatic rings. The van der Waals surface area contributed by atoms with Gasteiger partial charge in [-0.25, -0.2) is 0 Å². The standard InChI is InChI=1S/5GeH4.6Ti/h5*1H4;;;;;;. The van der Waals surface area contributed by atoms with Crippen LogP contribution in [0.1, 0.15) is 0 Å². The summed E-state index contributed by atoms with van der Waals surface area (Å²) in [5, 5.41) is 0. The summed E-state index contributed by atoms with van der Waals surface area (Å²) < 4.78 is 0. The van der Waals surface area contributed by atoms with E-state index in [1.165, 1.54) is 0 Å². The minimum Gasteiger partial charge on any atom is 0 e. The molecule has 0 N–H and O–H groups in total. The first-order valence-electron chi connectivity index (χ1n) is 0. The third-order valence-electron chi connectivity index (χ3n) is 0. The van der Waals surface area contributed by atoms with Crippen LogP contribution in [0.2, 0.25) is 0 Å². The van der Waals surface area contributed by atoms with E-state index in [1.807, 2.05) is 0 Å². The second-order valence-electron chi connectivity index (χ2n) is 0. The SMILES string of the molecule is [GeH4].[GeH4].[GeH4].[GeH4].[GeH4].[Ti].[Ti].[Ti].[Ti].[Ti].[Ti]. The van der Waals surface area contributed by atoms with Gasteiger partial charge in [0.25, 0.3) is 0 Å². The summed E-state index contributed by atoms with van der Waals surface area (Å²) in [6.07, 6.45) is 0. The Labute approximate surface area is 213 Å². The summed E-state index contributed by atoms with van der Waals surface area (Å²) in [6.45, 7) is 0. The van der Waals surface area contributed by atoms with Crippen molar-refractivity contribution in [1.29, 1.82) is 0 Å². The Morgan fingerprint density at radius 1 is 0.182 bits per heavy atom. The number of hydrogen-bond donors (Lipinski definition) is 0. The van der Waals surface area contributed by atoms with Crippen LogP contribution in [-0.4, -0.2) is 88.0 Å². The van der Waals surface area contributed by atoms with Gasteiger partial charge in [0.15, 0.2) is 0 Å². The monoisotopic (exact) mass is 677 g/mol. The Hall–Kier alpha value is 7.00. The van der Waals surface area contributed by atoms with Crippen molar-refractivity contribution in [2.24, 2.45) is 0 Å². The van der Waals surface area contributed by atoms with Crippen LogP contribution in [-0.2, 0) is 130 Å². The minimum absolute atomic E-state index is 0. The molecule has 0 atom stereocenters. The fourth-order valence-corrected chi connectivity index (χ4v) is 0. The van der Waals surface area contributed by atoms with Gasteiger partial charge in [0, 0.05) is 130 Å². The predicted molar refractivity (Wildman–Crippen MR) is 56.7 cm³/mol. The van der Waals surface area contributed by atoms with Crippen molar-refractivity contribution in [3.05, 3.63) is 0 Å². The maximum absolute atomic E-state index is 0. The largest absolute Gasteiger partial charge is 0 e. The first kappa shape index (κ1) is 106. The fourth-order valence-electron chi connectivity index (χ4n) is 0. The van der Waals surface area contributed by atoms with Crippen molar-refractivity contribution in [1.82, 2.24) is 0 Å². The third-order valence-corrected chi connectivity index (χ3v) is 0. The molecule has 0 aliphatic heterocycles. The van der Waals surface area contributed by atoms with E-state index < -0.39 is 0 Å². The van der Waals surface area contributed by atoms with Crippen LogP contribution in [0.5, 0.6) is 0 Å². The Kier molecular flexibility index (Phi) is 857. The smallest absolute Gasteiger partial charge is 0 e. The Morgan fingerprint density at radius 2 is 0.182 bits per heavy atom. The molecule has 0 aromatic carbocycles. The van der Waals surface area contributed by atoms with Crippen molar-refractivity contribution in [2.45, 2.75) is 0 Å². The van der Waals surface area contributed by atoms with Crippen LogP contribution in [0.4, 0.5) is 0 Å². The molecule has 11 heavy (non-hydrogen) atoms. The molecule has 0 saturated carbocycles. The van der Waals surface area contributed by atoms with E-state index in [2.05, 4.69) is 0 Å². The third kappa shape index (κ3) is 78.1. The van der Waals surface area contributed by atoms with Gasteiger partial charge >= 0.3 is 88.0 Å². The normalized spacial score (nSPS) is 0. The molecule has 0 aliphatic rings. The topological polar surface area (TPSA) is 0 Å². The van der Waals surface area contributed by atoms with Crippen molar-refractivity contribution in [2.75, 3.05) is 0 Å². The molecule has 0 spiro atoms. The van der Waals surface area contributed by atoms with Crippen LogP contribution in [0.25, 0.3) is 0 Å². The van der Waals surface area contributed by atoms with Crippen molar-refractivity contribution in [3.8, 4) is 0 Å². The molecule has 0 aromatic heterocycles. The molecule has 0 nitrogen and oxygen atoms in total. The van der Waals surface area contributed by atoms with E-state index in [0.717, 1.165) is 0 Å². The second-order valence-corrected chi connectivity index (χ2v) is 0. The maximum atomic E-state index is 0. The van der Waals surface area contributed by atoms with Crippen LogP contribution >= 0.6 is 0 Å². The molecular weight excluding hydrogens is 650 g/mol. The molecule has 0 amide bonds. The zero-order valence-corrected chi connectivity index (χ0v) is 12.4. The van der Waals surface area contributed by atoms with Gasteiger partial charge in [-0.1, -0.05) is 0 Å². The quantitative estimate of drug-likeness (QED) is 0.225. The van der Waals surface area contributed by atoms with Crippen LogP contribution in [0, 0.1) is 0 Å². The summed E-state index contributed by atoms with van der Waals surface area (Å²) in [5.41, 5.74) is 0. The summed E-state index contributed by atoms with van der Waals surface area (Å²) in [7, 11) is 0. The zero-order valence-electron chi connectivity index (χ0n) is 3.00. The average Bonchev–Trinajstić information content (AvgIpc) is 0. The van der Waals surface area contributed by atoms with Crippen molar-refractivity contribution >= 4 is 88.0 Å². The van der Waals surface area contributed by atoms with Gasteiger partial charge in [0.05, 0.1) is 0 Å². The van der Waals surface area contributed by atoms with E-state index in [0.29, 0.717) is 0 Å². The Bertz CT molecular complexity index is 10.9. The van der Waals surface area contributed by atoms with E-state index in [4.69, 9.17) is 0 Å². The van der Waals surface area contributed by atoms with E-state index >= 15 is 0 Å². The molecule has 0 fully saturated rings. The van der Waals surface area contributed by atoms with Gasteiger partial charge in [0.1, 0.15) is 0 Å². The van der Waals surface area contributed by atoms with E-state index in [1.54, 1.807) is 0 Å². The Morgan fingerprint density at radius 3 is 0.182 bits per heavy atom. The molecule has 0 saturated heterocycles. The minimum atomic E-state index is 0. The maximum Gasteiger partial charge on any atom is 0 e. The zero-order chi connectivity index (χ0) is 0. The predicted octanol–water partition coefficient (Wildman–Crippen LogP) is -7.27. The molecule has 11 heteroatoms. The summed E-state index contributed by atoms with van der Waals surface area (Å²) in [4.78, 5) is 0. The van der Waals surface area contributed by atoms with Gasteiger partial charge in [0.2, 0.25) is 0 Å². The number of hydrogen-bond acceptors (Lipinski definition) is 0. The second kappa shape index (κ2) is 88.8. The van der Waals surface area contributed by atoms with Crippen molar-refractivity contribution < 1.29 is 130 Å². The van der Waals surface area contributed by atoms with Gasteiger partial charge in [-0.15, -0.1) is 0 Å². The van der Waals surface area contributed by atoms with Gasteiger partial charge in [-0.3, -0.25) is 0 Å². The molecule has 0 unspecified atom stereocenters. The Balaban J connectivity index is 0. The van der Waals surface area contributed by atoms with Gasteiger partial charge in [-0.05, 0) is 0 Å². The molecule has 0 bridgehead atoms. The summed E-state index contributed by atoms with van der Waals surface area (Å²) in [6, 6.07) is 0. The van der Waals surface area contributed by atoms with Gasteiger partial charge < -0.3 is 0 Å². The fraction of sp³-hybridized carbons (Fsp3) is 0. The van der Waals surface area contributed by atoms with E-state index in [9.17, 15) is 0 Å². The number of rotatable bonds is 0.